The summed E-state index contributed by atoms with van der Waals surface area (Å²) in [6.45, 7) is 0.270. The van der Waals surface area contributed by atoms with Crippen LogP contribution in [0.15, 0.2) is 59.8 Å². The van der Waals surface area contributed by atoms with Gasteiger partial charge in [-0.05, 0) is 11.6 Å². The molecule has 2 N–H and O–H groups in total. The summed E-state index contributed by atoms with van der Waals surface area (Å²) in [4.78, 5) is 29.4. The molecular formula is C19H17ClN2O4. The standard InChI is InChI=1S/C19H17ClN2O4/c20-15-9-5-4-8-14(15)16-10-19(26-22-16,11-17(23)24)18(25)21-12-13-6-2-1-3-7-13/h1-9H,10-12H2,(H,21,25)(H,23,24)/t19-/m0/s1. The molecule has 1 aliphatic rings. The van der Waals surface area contributed by atoms with E-state index in [1.165, 1.54) is 0 Å². The third-order valence-corrected chi connectivity index (χ3v) is 4.44. The first kappa shape index (κ1) is 17.9. The number of carboxylic acid groups (broad SMARTS) is 1. The van der Waals surface area contributed by atoms with Gasteiger partial charge >= 0.3 is 5.97 Å². The van der Waals surface area contributed by atoms with Gasteiger partial charge in [0.15, 0.2) is 0 Å². The van der Waals surface area contributed by atoms with Crippen molar-refractivity contribution in [1.29, 1.82) is 0 Å². The first-order valence-corrected chi connectivity index (χ1v) is 8.42. The molecule has 0 saturated carbocycles. The molecular weight excluding hydrogens is 356 g/mol. The highest BCUT2D eigenvalue weighted by molar-refractivity contribution is 6.34. The van der Waals surface area contributed by atoms with E-state index in [4.69, 9.17) is 16.4 Å². The number of hydrogen-bond acceptors (Lipinski definition) is 4. The van der Waals surface area contributed by atoms with E-state index in [0.717, 1.165) is 5.56 Å². The largest absolute Gasteiger partial charge is 0.481 e. The number of nitrogens with zero attached hydrogens (tertiary/aromatic N) is 1. The van der Waals surface area contributed by atoms with E-state index in [0.29, 0.717) is 16.3 Å². The highest BCUT2D eigenvalue weighted by Crippen LogP contribution is 2.32. The van der Waals surface area contributed by atoms with Crippen molar-refractivity contribution in [3.63, 3.8) is 0 Å². The van der Waals surface area contributed by atoms with Crippen LogP contribution in [0.4, 0.5) is 0 Å². The summed E-state index contributed by atoms with van der Waals surface area (Å²) in [6, 6.07) is 16.3. The van der Waals surface area contributed by atoms with Gasteiger partial charge in [0.05, 0.1) is 12.1 Å². The van der Waals surface area contributed by atoms with Gasteiger partial charge in [-0.1, -0.05) is 65.3 Å². The Morgan fingerprint density at radius 2 is 1.85 bits per heavy atom. The van der Waals surface area contributed by atoms with E-state index >= 15 is 0 Å². The summed E-state index contributed by atoms with van der Waals surface area (Å²) in [5.41, 5.74) is 0.385. The number of halogens is 1. The quantitative estimate of drug-likeness (QED) is 0.815. The first-order chi connectivity index (χ1) is 12.5. The molecule has 26 heavy (non-hydrogen) atoms. The Bertz CT molecular complexity index is 854. The lowest BCUT2D eigenvalue weighted by atomic mass is 9.90. The van der Waals surface area contributed by atoms with E-state index in [9.17, 15) is 14.7 Å². The van der Waals surface area contributed by atoms with E-state index in [1.807, 2.05) is 30.3 Å². The average Bonchev–Trinajstić information content (AvgIpc) is 3.05. The second-order valence-corrected chi connectivity index (χ2v) is 6.43. The molecule has 0 radical (unpaired) electrons. The van der Waals surface area contributed by atoms with Crippen LogP contribution in [0.25, 0.3) is 0 Å². The van der Waals surface area contributed by atoms with Crippen molar-refractivity contribution in [1.82, 2.24) is 5.32 Å². The van der Waals surface area contributed by atoms with E-state index in [1.54, 1.807) is 24.3 Å². The van der Waals surface area contributed by atoms with Crippen LogP contribution in [0.2, 0.25) is 5.02 Å². The molecule has 0 saturated heterocycles. The molecule has 1 atom stereocenters. The van der Waals surface area contributed by atoms with Gasteiger partial charge in [-0.2, -0.15) is 0 Å². The molecule has 0 spiro atoms. The van der Waals surface area contributed by atoms with Crippen LogP contribution >= 0.6 is 11.6 Å². The number of nitrogens with one attached hydrogen (secondary N) is 1. The maximum Gasteiger partial charge on any atom is 0.308 e. The molecule has 2 aromatic carbocycles. The van der Waals surface area contributed by atoms with Gasteiger partial charge in [0.2, 0.25) is 5.60 Å². The van der Waals surface area contributed by atoms with Crippen LogP contribution in [-0.4, -0.2) is 28.3 Å². The Morgan fingerprint density at radius 3 is 2.54 bits per heavy atom. The second kappa shape index (κ2) is 7.58. The number of carboxylic acids is 1. The number of hydrogen-bond donors (Lipinski definition) is 2. The van der Waals surface area contributed by atoms with E-state index in [2.05, 4.69) is 10.5 Å². The summed E-state index contributed by atoms with van der Waals surface area (Å²) in [5, 5.41) is 16.4. The van der Waals surface area contributed by atoms with Gasteiger partial charge in [0, 0.05) is 23.6 Å². The molecule has 0 fully saturated rings. The predicted octanol–water partition coefficient (Wildman–Crippen LogP) is 2.99. The third kappa shape index (κ3) is 3.86. The maximum atomic E-state index is 12.7. The molecule has 3 rings (SSSR count). The monoisotopic (exact) mass is 372 g/mol. The van der Waals surface area contributed by atoms with Crippen LogP contribution in [0.5, 0.6) is 0 Å². The molecule has 0 bridgehead atoms. The lowest BCUT2D eigenvalue weighted by Crippen LogP contribution is -2.48. The summed E-state index contributed by atoms with van der Waals surface area (Å²) in [7, 11) is 0. The zero-order valence-electron chi connectivity index (χ0n) is 13.8. The normalized spacial score (nSPS) is 18.7. The number of aliphatic carboxylic acids is 1. The van der Waals surface area contributed by atoms with Gasteiger partial charge in [-0.25, -0.2) is 0 Å². The van der Waals surface area contributed by atoms with Crippen LogP contribution in [0.3, 0.4) is 0 Å². The molecule has 1 amide bonds. The summed E-state index contributed by atoms with van der Waals surface area (Å²) in [6.07, 6.45) is -0.464. The van der Waals surface area contributed by atoms with Crippen molar-refractivity contribution in [2.24, 2.45) is 5.16 Å². The van der Waals surface area contributed by atoms with Gasteiger partial charge in [0.25, 0.3) is 5.91 Å². The van der Waals surface area contributed by atoms with Crippen LogP contribution in [-0.2, 0) is 21.0 Å². The van der Waals surface area contributed by atoms with Crippen LogP contribution in [0.1, 0.15) is 24.0 Å². The summed E-state index contributed by atoms with van der Waals surface area (Å²) < 4.78 is 0. The van der Waals surface area contributed by atoms with Crippen molar-refractivity contribution < 1.29 is 19.5 Å². The highest BCUT2D eigenvalue weighted by Gasteiger charge is 2.48. The van der Waals surface area contributed by atoms with Gasteiger partial charge in [-0.3, -0.25) is 9.59 Å². The van der Waals surface area contributed by atoms with E-state index < -0.39 is 23.9 Å². The SMILES string of the molecule is O=C(O)C[C@]1(C(=O)NCc2ccccc2)CC(c2ccccc2Cl)=NO1. The topological polar surface area (TPSA) is 88.0 Å². The Labute approximate surface area is 155 Å². The number of rotatable bonds is 6. The molecule has 134 valence electrons. The third-order valence-electron chi connectivity index (χ3n) is 4.11. The Hall–Kier alpha value is -2.86. The van der Waals surface area contributed by atoms with Gasteiger partial charge < -0.3 is 15.3 Å². The Morgan fingerprint density at radius 1 is 1.15 bits per heavy atom. The molecule has 7 heteroatoms. The maximum absolute atomic E-state index is 12.7. The molecule has 0 aromatic heterocycles. The molecule has 0 aliphatic carbocycles. The number of carbonyl (C=O) groups is 2. The zero-order chi connectivity index (χ0) is 18.6. The molecule has 2 aromatic rings. The van der Waals surface area contributed by atoms with E-state index in [-0.39, 0.29) is 13.0 Å². The fourth-order valence-corrected chi connectivity index (χ4v) is 3.04. The minimum atomic E-state index is -1.59. The lowest BCUT2D eigenvalue weighted by Gasteiger charge is -2.23. The molecule has 1 heterocycles. The Balaban J connectivity index is 1.77. The number of amides is 1. The highest BCUT2D eigenvalue weighted by atomic mass is 35.5. The first-order valence-electron chi connectivity index (χ1n) is 8.04. The Kier molecular flexibility index (Phi) is 5.23. The zero-order valence-corrected chi connectivity index (χ0v) is 14.6. The minimum absolute atomic E-state index is 0.0314. The second-order valence-electron chi connectivity index (χ2n) is 6.02. The summed E-state index contributed by atoms with van der Waals surface area (Å²) in [5.74, 6) is -1.66. The smallest absolute Gasteiger partial charge is 0.308 e. The number of carbonyl (C=O) groups excluding carboxylic acids is 1. The fraction of sp³-hybridized carbons (Fsp3) is 0.211. The van der Waals surface area contributed by atoms with Crippen molar-refractivity contribution in [2.75, 3.05) is 0 Å². The average molecular weight is 373 g/mol. The number of benzene rings is 2. The lowest BCUT2D eigenvalue weighted by molar-refractivity contribution is -0.156. The molecule has 6 nitrogen and oxygen atoms in total. The predicted molar refractivity (Wildman–Crippen MR) is 97.0 cm³/mol. The fourth-order valence-electron chi connectivity index (χ4n) is 2.80. The molecule has 1 aliphatic heterocycles. The number of oxime groups is 1. The van der Waals surface area contributed by atoms with Crippen LogP contribution < -0.4 is 5.32 Å². The molecule has 0 unspecified atom stereocenters. The van der Waals surface area contributed by atoms with Crippen molar-refractivity contribution >= 4 is 29.2 Å². The van der Waals surface area contributed by atoms with Gasteiger partial charge in [-0.15, -0.1) is 0 Å². The van der Waals surface area contributed by atoms with Crippen LogP contribution in [0, 0.1) is 0 Å². The minimum Gasteiger partial charge on any atom is -0.481 e. The van der Waals surface area contributed by atoms with Crippen molar-refractivity contribution in [2.45, 2.75) is 25.0 Å². The van der Waals surface area contributed by atoms with Gasteiger partial charge in [0.1, 0.15) is 0 Å². The summed E-state index contributed by atoms with van der Waals surface area (Å²) >= 11 is 6.17. The van der Waals surface area contributed by atoms with Crippen molar-refractivity contribution in [3.8, 4) is 0 Å². The van der Waals surface area contributed by atoms with Crippen molar-refractivity contribution in [3.05, 3.63) is 70.7 Å².